The van der Waals surface area contributed by atoms with Gasteiger partial charge in [-0.05, 0) is 56.5 Å². The normalized spacial score (nSPS) is 13.1. The number of hydrogen-bond acceptors (Lipinski definition) is 6. The molecule has 2 rings (SSSR count). The van der Waals surface area contributed by atoms with E-state index >= 15 is 0 Å². The fraction of sp³-hybridized carbons (Fsp3) is 0.517. The highest BCUT2D eigenvalue weighted by molar-refractivity contribution is 5.89. The number of hydrogen-bond donors (Lipinski definition) is 0. The molecule has 2 aromatic carbocycles. The van der Waals surface area contributed by atoms with Crippen LogP contribution in [0.2, 0.25) is 0 Å². The predicted molar refractivity (Wildman–Crippen MR) is 139 cm³/mol. The van der Waals surface area contributed by atoms with Gasteiger partial charge in [0.05, 0.1) is 31.3 Å². The molecule has 6 nitrogen and oxygen atoms in total. The summed E-state index contributed by atoms with van der Waals surface area (Å²) < 4.78 is 22.4. The van der Waals surface area contributed by atoms with Gasteiger partial charge in [0.15, 0.2) is 0 Å². The lowest BCUT2D eigenvalue weighted by Gasteiger charge is -2.28. The summed E-state index contributed by atoms with van der Waals surface area (Å²) in [5.74, 6) is -0.270. The maximum atomic E-state index is 12.3. The Bertz CT molecular complexity index is 866. The second-order valence-corrected chi connectivity index (χ2v) is 8.46. The zero-order valence-corrected chi connectivity index (χ0v) is 22.2. The molecule has 0 N–H and O–H groups in total. The summed E-state index contributed by atoms with van der Waals surface area (Å²) in [6.07, 6.45) is 1.87. The molecule has 0 heterocycles. The molecule has 6 heteroatoms. The summed E-state index contributed by atoms with van der Waals surface area (Å²) in [6.45, 7) is 13.5. The molecule has 0 fully saturated rings. The summed E-state index contributed by atoms with van der Waals surface area (Å²) in [7, 11) is 0. The van der Waals surface area contributed by atoms with Crippen molar-refractivity contribution in [2.45, 2.75) is 66.4 Å². The lowest BCUT2D eigenvalue weighted by molar-refractivity contribution is -0.139. The first kappa shape index (κ1) is 30.3. The second-order valence-electron chi connectivity index (χ2n) is 8.46. The molecule has 0 radical (unpaired) electrons. The van der Waals surface area contributed by atoms with Crippen molar-refractivity contribution in [3.8, 4) is 5.75 Å². The van der Waals surface area contributed by atoms with Gasteiger partial charge in [-0.15, -0.1) is 0 Å². The van der Waals surface area contributed by atoms with Crippen LogP contribution in [0.25, 0.3) is 0 Å². The lowest BCUT2D eigenvalue weighted by Crippen LogP contribution is -2.32. The molecule has 2 aromatic rings. The number of aryl methyl sites for hydroxylation is 1. The predicted octanol–water partition coefficient (Wildman–Crippen LogP) is 6.40. The van der Waals surface area contributed by atoms with Crippen molar-refractivity contribution >= 4 is 11.9 Å². The molecule has 0 aliphatic rings. The molecule has 0 aliphatic heterocycles. The highest BCUT2D eigenvalue weighted by Crippen LogP contribution is 2.22. The van der Waals surface area contributed by atoms with Crippen molar-refractivity contribution in [1.82, 2.24) is 0 Å². The Morgan fingerprint density at radius 2 is 1.57 bits per heavy atom. The molecular formula is C29H42O6. The maximum Gasteiger partial charge on any atom is 0.338 e. The number of carbonyl (C=O) groups excluding carboxylic acids is 2. The quantitative estimate of drug-likeness (QED) is 0.175. The van der Waals surface area contributed by atoms with Gasteiger partial charge in [-0.3, -0.25) is 4.79 Å². The molecule has 0 bridgehead atoms. The number of carbonyl (C=O) groups is 2. The number of rotatable bonds is 14. The number of esters is 2. The highest BCUT2D eigenvalue weighted by atomic mass is 16.6. The van der Waals surface area contributed by atoms with Gasteiger partial charge < -0.3 is 18.9 Å². The van der Waals surface area contributed by atoms with Crippen LogP contribution in [0.4, 0.5) is 0 Å². The first-order valence-electron chi connectivity index (χ1n) is 12.5. The Kier molecular flexibility index (Phi) is 14.6. The van der Waals surface area contributed by atoms with Crippen molar-refractivity contribution < 1.29 is 28.5 Å². The summed E-state index contributed by atoms with van der Waals surface area (Å²) >= 11 is 0. The van der Waals surface area contributed by atoms with Gasteiger partial charge in [0, 0.05) is 13.0 Å². The Morgan fingerprint density at radius 3 is 2.20 bits per heavy atom. The zero-order valence-electron chi connectivity index (χ0n) is 22.2. The Morgan fingerprint density at radius 1 is 0.914 bits per heavy atom. The van der Waals surface area contributed by atoms with Gasteiger partial charge in [0.2, 0.25) is 0 Å². The molecular weight excluding hydrogens is 444 g/mol. The van der Waals surface area contributed by atoms with E-state index < -0.39 is 5.60 Å². The zero-order chi connectivity index (χ0) is 26.1. The van der Waals surface area contributed by atoms with E-state index in [-0.39, 0.29) is 17.9 Å². The van der Waals surface area contributed by atoms with Gasteiger partial charge in [0.25, 0.3) is 0 Å². The monoisotopic (exact) mass is 486 g/mol. The van der Waals surface area contributed by atoms with Gasteiger partial charge >= 0.3 is 11.9 Å². The van der Waals surface area contributed by atoms with E-state index in [0.717, 1.165) is 5.56 Å². The topological polar surface area (TPSA) is 71.1 Å². The van der Waals surface area contributed by atoms with Crippen LogP contribution >= 0.6 is 0 Å². The van der Waals surface area contributed by atoms with Crippen LogP contribution in [0.5, 0.6) is 5.75 Å². The van der Waals surface area contributed by atoms with E-state index in [1.54, 1.807) is 18.2 Å². The molecule has 0 aromatic heterocycles. The first-order chi connectivity index (χ1) is 16.8. The molecule has 0 amide bonds. The van der Waals surface area contributed by atoms with Crippen LogP contribution in [0.1, 0.15) is 69.8 Å². The van der Waals surface area contributed by atoms with E-state index in [9.17, 15) is 9.59 Å². The molecule has 194 valence electrons. The van der Waals surface area contributed by atoms with Gasteiger partial charge in [-0.25, -0.2) is 4.79 Å². The Hall–Kier alpha value is -2.70. The largest absolute Gasteiger partial charge is 0.456 e. The Labute approximate surface area is 210 Å². The minimum absolute atomic E-state index is 0.254. The van der Waals surface area contributed by atoms with Crippen molar-refractivity contribution in [3.05, 3.63) is 65.7 Å². The summed E-state index contributed by atoms with van der Waals surface area (Å²) in [5, 5.41) is 0. The van der Waals surface area contributed by atoms with E-state index in [4.69, 9.17) is 18.9 Å². The van der Waals surface area contributed by atoms with Crippen LogP contribution in [0, 0.1) is 12.8 Å². The number of ether oxygens (including phenoxy) is 4. The summed E-state index contributed by atoms with van der Waals surface area (Å²) in [5.41, 5.74) is 1.01. The molecule has 0 saturated heterocycles. The van der Waals surface area contributed by atoms with E-state index in [0.29, 0.717) is 57.0 Å². The lowest BCUT2D eigenvalue weighted by atomic mass is 9.99. The van der Waals surface area contributed by atoms with Crippen molar-refractivity contribution in [2.75, 3.05) is 26.4 Å². The van der Waals surface area contributed by atoms with E-state index in [1.807, 2.05) is 77.9 Å². The fourth-order valence-electron chi connectivity index (χ4n) is 3.04. The van der Waals surface area contributed by atoms with Crippen LogP contribution in [0.3, 0.4) is 0 Å². The molecule has 0 aliphatic carbocycles. The third-order valence-electron chi connectivity index (χ3n) is 5.55. The van der Waals surface area contributed by atoms with Gasteiger partial charge in [0.1, 0.15) is 11.4 Å². The minimum Gasteiger partial charge on any atom is -0.456 e. The maximum absolute atomic E-state index is 12.3. The number of benzene rings is 2. The molecule has 0 saturated carbocycles. The SMILES string of the molecule is CC.CCC(C)(CCOCCOCCC(C)C(=O)Oc1cccc(C)c1)OC(=O)c1ccccc1. The highest BCUT2D eigenvalue weighted by Gasteiger charge is 2.27. The Balaban J connectivity index is 0.00000298. The molecule has 2 atom stereocenters. The summed E-state index contributed by atoms with van der Waals surface area (Å²) in [4.78, 5) is 24.5. The summed E-state index contributed by atoms with van der Waals surface area (Å²) in [6, 6.07) is 16.4. The van der Waals surface area contributed by atoms with Crippen molar-refractivity contribution in [3.63, 3.8) is 0 Å². The molecule has 2 unspecified atom stereocenters. The van der Waals surface area contributed by atoms with Crippen LogP contribution in [-0.2, 0) is 19.0 Å². The first-order valence-corrected chi connectivity index (χ1v) is 12.5. The van der Waals surface area contributed by atoms with Gasteiger partial charge in [-0.1, -0.05) is 58.0 Å². The van der Waals surface area contributed by atoms with E-state index in [1.165, 1.54) is 0 Å². The van der Waals surface area contributed by atoms with Gasteiger partial charge in [-0.2, -0.15) is 0 Å². The fourth-order valence-corrected chi connectivity index (χ4v) is 3.04. The van der Waals surface area contributed by atoms with E-state index in [2.05, 4.69) is 0 Å². The third-order valence-corrected chi connectivity index (χ3v) is 5.55. The van der Waals surface area contributed by atoms with Crippen LogP contribution < -0.4 is 4.74 Å². The van der Waals surface area contributed by atoms with Crippen LogP contribution in [-0.4, -0.2) is 44.0 Å². The van der Waals surface area contributed by atoms with Crippen LogP contribution in [0.15, 0.2) is 54.6 Å². The molecule has 0 spiro atoms. The van der Waals surface area contributed by atoms with Crippen molar-refractivity contribution in [2.24, 2.45) is 5.92 Å². The minimum atomic E-state index is -0.582. The molecule has 35 heavy (non-hydrogen) atoms. The smallest absolute Gasteiger partial charge is 0.338 e. The standard InChI is InChI=1S/C27H36O6.C2H6/c1-5-27(4,33-26(29)23-11-7-6-8-12-23)15-17-31-19-18-30-16-14-22(3)25(28)32-24-13-9-10-21(2)20-24;1-2/h6-13,20,22H,5,14-19H2,1-4H3;1-2H3. The average molecular weight is 487 g/mol. The third kappa shape index (κ3) is 12.0. The second kappa shape index (κ2) is 16.8. The van der Waals surface area contributed by atoms with Crippen molar-refractivity contribution in [1.29, 1.82) is 0 Å². The average Bonchev–Trinajstić information content (AvgIpc) is 2.87.